The third-order valence-electron chi connectivity index (χ3n) is 3.94. The van der Waals surface area contributed by atoms with Crippen LogP contribution in [-0.4, -0.2) is 0 Å². The van der Waals surface area contributed by atoms with Crippen molar-refractivity contribution in [3.63, 3.8) is 0 Å². The summed E-state index contributed by atoms with van der Waals surface area (Å²) in [7, 11) is 0. The molecule has 0 fully saturated rings. The smallest absolute Gasteiger partial charge is 0.157 e. The van der Waals surface area contributed by atoms with Crippen LogP contribution < -0.4 is 0 Å². The highest BCUT2D eigenvalue weighted by molar-refractivity contribution is 6.39. The predicted molar refractivity (Wildman–Crippen MR) is 86.0 cm³/mol. The maximum atomic E-state index is 6.43. The Balaban J connectivity index is 2.17. The number of fused-ring (bicyclic) bond motifs is 7. The molecule has 0 amide bonds. The van der Waals surface area contributed by atoms with Crippen LogP contribution in [-0.2, 0) is 0 Å². The molecule has 3 heteroatoms. The summed E-state index contributed by atoms with van der Waals surface area (Å²) in [6, 6.07) is 17.8. The molecular formula is C18H9ClO2. The molecule has 3 aromatic carbocycles. The summed E-state index contributed by atoms with van der Waals surface area (Å²) in [6.07, 6.45) is 0. The number of rotatable bonds is 0. The average molecular weight is 293 g/mol. The molecule has 5 rings (SSSR count). The minimum atomic E-state index is 0.611. The Hall–Kier alpha value is -2.45. The molecule has 2 heterocycles. The lowest BCUT2D eigenvalue weighted by atomic mass is 10.1. The fourth-order valence-corrected chi connectivity index (χ4v) is 3.27. The molecule has 0 radical (unpaired) electrons. The minimum absolute atomic E-state index is 0.611. The van der Waals surface area contributed by atoms with Gasteiger partial charge in [-0.3, -0.25) is 0 Å². The molecule has 21 heavy (non-hydrogen) atoms. The fourth-order valence-electron chi connectivity index (χ4n) is 3.03. The van der Waals surface area contributed by atoms with Crippen molar-refractivity contribution in [1.29, 1.82) is 0 Å². The highest BCUT2D eigenvalue weighted by Crippen LogP contribution is 2.42. The molecule has 0 saturated carbocycles. The molecular weight excluding hydrogens is 284 g/mol. The van der Waals surface area contributed by atoms with Gasteiger partial charge in [-0.15, -0.1) is 0 Å². The van der Waals surface area contributed by atoms with Crippen LogP contribution >= 0.6 is 11.6 Å². The molecule has 0 aliphatic heterocycles. The third kappa shape index (κ3) is 1.38. The molecule has 100 valence electrons. The Kier molecular flexibility index (Phi) is 2.04. The van der Waals surface area contributed by atoms with Crippen molar-refractivity contribution in [3.8, 4) is 0 Å². The Labute approximate surface area is 124 Å². The van der Waals surface area contributed by atoms with Crippen LogP contribution in [0.1, 0.15) is 0 Å². The van der Waals surface area contributed by atoms with Gasteiger partial charge in [-0.1, -0.05) is 48.0 Å². The maximum absolute atomic E-state index is 6.43. The molecule has 2 aromatic heterocycles. The van der Waals surface area contributed by atoms with Crippen molar-refractivity contribution in [2.45, 2.75) is 0 Å². The van der Waals surface area contributed by atoms with E-state index >= 15 is 0 Å². The van der Waals surface area contributed by atoms with E-state index in [4.69, 9.17) is 20.4 Å². The van der Waals surface area contributed by atoms with Crippen LogP contribution in [0.2, 0.25) is 5.02 Å². The van der Waals surface area contributed by atoms with Crippen LogP contribution in [0.15, 0.2) is 63.4 Å². The van der Waals surface area contributed by atoms with E-state index in [0.29, 0.717) is 10.6 Å². The maximum Gasteiger partial charge on any atom is 0.157 e. The largest absolute Gasteiger partial charge is 0.455 e. The van der Waals surface area contributed by atoms with E-state index in [0.717, 1.165) is 38.3 Å². The van der Waals surface area contributed by atoms with Crippen molar-refractivity contribution >= 4 is 55.5 Å². The molecule has 0 atom stereocenters. The lowest BCUT2D eigenvalue weighted by Crippen LogP contribution is -1.71. The van der Waals surface area contributed by atoms with Crippen molar-refractivity contribution in [1.82, 2.24) is 0 Å². The Morgan fingerprint density at radius 1 is 0.667 bits per heavy atom. The molecule has 0 unspecified atom stereocenters. The molecule has 0 N–H and O–H groups in total. The number of furan rings is 2. The summed E-state index contributed by atoms with van der Waals surface area (Å²) in [5, 5.41) is 4.68. The van der Waals surface area contributed by atoms with Gasteiger partial charge in [-0.05, 0) is 18.2 Å². The zero-order valence-corrected chi connectivity index (χ0v) is 11.6. The van der Waals surface area contributed by atoms with Gasteiger partial charge in [0.2, 0.25) is 0 Å². The monoisotopic (exact) mass is 292 g/mol. The van der Waals surface area contributed by atoms with E-state index in [9.17, 15) is 0 Å². The number of hydrogen-bond acceptors (Lipinski definition) is 2. The summed E-state index contributed by atoms with van der Waals surface area (Å²) in [6.45, 7) is 0. The van der Waals surface area contributed by atoms with Gasteiger partial charge >= 0.3 is 0 Å². The zero-order valence-electron chi connectivity index (χ0n) is 10.9. The molecule has 0 aliphatic carbocycles. The van der Waals surface area contributed by atoms with Gasteiger partial charge in [0, 0.05) is 16.2 Å². The van der Waals surface area contributed by atoms with E-state index in [-0.39, 0.29) is 0 Å². The second-order valence-corrected chi connectivity index (χ2v) is 5.54. The van der Waals surface area contributed by atoms with Gasteiger partial charge in [0.1, 0.15) is 16.7 Å². The van der Waals surface area contributed by atoms with E-state index in [1.165, 1.54) is 0 Å². The lowest BCUT2D eigenvalue weighted by molar-refractivity contribution is 0.663. The topological polar surface area (TPSA) is 26.3 Å². The van der Waals surface area contributed by atoms with E-state index in [1.54, 1.807) is 0 Å². The van der Waals surface area contributed by atoms with Gasteiger partial charge in [-0.2, -0.15) is 0 Å². The van der Waals surface area contributed by atoms with Crippen molar-refractivity contribution < 1.29 is 8.83 Å². The number of halogens is 1. The first-order valence-corrected chi connectivity index (χ1v) is 7.12. The molecule has 0 bridgehead atoms. The number of hydrogen-bond donors (Lipinski definition) is 0. The highest BCUT2D eigenvalue weighted by atomic mass is 35.5. The fraction of sp³-hybridized carbons (Fsp3) is 0. The van der Waals surface area contributed by atoms with Crippen LogP contribution in [0.3, 0.4) is 0 Å². The van der Waals surface area contributed by atoms with Crippen LogP contribution in [0, 0.1) is 0 Å². The Morgan fingerprint density at radius 2 is 1.29 bits per heavy atom. The third-order valence-corrected chi connectivity index (χ3v) is 4.23. The highest BCUT2D eigenvalue weighted by Gasteiger charge is 2.18. The Bertz CT molecular complexity index is 1150. The first-order valence-electron chi connectivity index (χ1n) is 6.74. The van der Waals surface area contributed by atoms with Crippen molar-refractivity contribution in [2.75, 3.05) is 0 Å². The summed E-state index contributed by atoms with van der Waals surface area (Å²) in [5.74, 6) is 0. The van der Waals surface area contributed by atoms with Crippen molar-refractivity contribution in [3.05, 3.63) is 59.6 Å². The van der Waals surface area contributed by atoms with Crippen LogP contribution in [0.4, 0.5) is 0 Å². The molecule has 5 aromatic rings. The zero-order chi connectivity index (χ0) is 14.0. The van der Waals surface area contributed by atoms with Gasteiger partial charge in [0.15, 0.2) is 5.58 Å². The minimum Gasteiger partial charge on any atom is -0.455 e. The van der Waals surface area contributed by atoms with Crippen LogP contribution in [0.25, 0.3) is 43.9 Å². The van der Waals surface area contributed by atoms with Crippen LogP contribution in [0.5, 0.6) is 0 Å². The number of benzene rings is 3. The van der Waals surface area contributed by atoms with Gasteiger partial charge in [-0.25, -0.2) is 0 Å². The second-order valence-electron chi connectivity index (χ2n) is 5.14. The summed E-state index contributed by atoms with van der Waals surface area (Å²) in [4.78, 5) is 0. The molecule has 0 spiro atoms. The predicted octanol–water partition coefficient (Wildman–Crippen LogP) is 6.14. The van der Waals surface area contributed by atoms with Gasteiger partial charge in [0.25, 0.3) is 0 Å². The van der Waals surface area contributed by atoms with Crippen molar-refractivity contribution in [2.24, 2.45) is 0 Å². The molecule has 0 saturated heterocycles. The SMILES string of the molecule is Clc1cc2c3ccccc3oc2c2c1oc1ccccc12. The molecule has 2 nitrogen and oxygen atoms in total. The Morgan fingerprint density at radius 3 is 2.10 bits per heavy atom. The van der Waals surface area contributed by atoms with E-state index < -0.39 is 0 Å². The van der Waals surface area contributed by atoms with E-state index in [1.807, 2.05) is 54.6 Å². The normalized spacial score (nSPS) is 12.0. The first-order chi connectivity index (χ1) is 10.3. The standard InChI is InChI=1S/C18H9ClO2/c19-13-9-12-10-5-1-3-7-14(10)20-17(12)16-11-6-2-4-8-15(11)21-18(13)16/h1-9H. The molecule has 0 aliphatic rings. The summed E-state index contributed by atoms with van der Waals surface area (Å²) >= 11 is 6.43. The summed E-state index contributed by atoms with van der Waals surface area (Å²) in [5.41, 5.74) is 3.20. The van der Waals surface area contributed by atoms with Gasteiger partial charge < -0.3 is 8.83 Å². The lowest BCUT2D eigenvalue weighted by Gasteiger charge is -1.95. The summed E-state index contributed by atoms with van der Waals surface area (Å²) < 4.78 is 12.0. The van der Waals surface area contributed by atoms with Gasteiger partial charge in [0.05, 0.1) is 10.4 Å². The quantitative estimate of drug-likeness (QED) is 0.343. The number of para-hydroxylation sites is 2. The second kappa shape index (κ2) is 3.80. The first kappa shape index (κ1) is 11.2. The van der Waals surface area contributed by atoms with E-state index in [2.05, 4.69) is 0 Å². The average Bonchev–Trinajstić information content (AvgIpc) is 3.06.